The third-order valence-corrected chi connectivity index (χ3v) is 2.49. The van der Waals surface area contributed by atoms with Gasteiger partial charge in [0.05, 0.1) is 13.2 Å². The summed E-state index contributed by atoms with van der Waals surface area (Å²) in [7, 11) is 0. The quantitative estimate of drug-likeness (QED) is 0.721. The molecule has 0 radical (unpaired) electrons. The third-order valence-electron chi connectivity index (χ3n) is 2.49. The van der Waals surface area contributed by atoms with Crippen molar-refractivity contribution >= 4 is 11.6 Å². The summed E-state index contributed by atoms with van der Waals surface area (Å²) in [5.41, 5.74) is 3.40. The first kappa shape index (κ1) is 9.21. The van der Waals surface area contributed by atoms with Gasteiger partial charge in [-0.3, -0.25) is 15.0 Å². The summed E-state index contributed by atoms with van der Waals surface area (Å²) in [6, 6.07) is 6.14. The first-order valence-corrected chi connectivity index (χ1v) is 4.77. The fourth-order valence-electron chi connectivity index (χ4n) is 1.79. The zero-order valence-corrected chi connectivity index (χ0v) is 8.50. The molecular formula is C11H14N2O. The Morgan fingerprint density at radius 2 is 2.14 bits per heavy atom. The van der Waals surface area contributed by atoms with Crippen LogP contribution in [0.25, 0.3) is 0 Å². The lowest BCUT2D eigenvalue weighted by Gasteiger charge is -2.17. The Morgan fingerprint density at radius 3 is 2.71 bits per heavy atom. The van der Waals surface area contributed by atoms with Gasteiger partial charge in [-0.25, -0.2) is 0 Å². The Hall–Kier alpha value is -1.35. The molecule has 3 nitrogen and oxygen atoms in total. The third kappa shape index (κ3) is 1.51. The average Bonchev–Trinajstić information content (AvgIpc) is 2.52. The number of carbonyl (C=O) groups is 1. The van der Waals surface area contributed by atoms with Crippen molar-refractivity contribution in [2.45, 2.75) is 13.8 Å². The minimum atomic E-state index is 0.150. The molecule has 1 aromatic carbocycles. The fourth-order valence-corrected chi connectivity index (χ4v) is 1.79. The second-order valence-electron chi connectivity index (χ2n) is 3.70. The Balaban J connectivity index is 2.36. The van der Waals surface area contributed by atoms with E-state index in [4.69, 9.17) is 0 Å². The van der Waals surface area contributed by atoms with Crippen molar-refractivity contribution in [3.8, 4) is 0 Å². The highest BCUT2D eigenvalue weighted by atomic mass is 16.2. The van der Waals surface area contributed by atoms with Gasteiger partial charge >= 0.3 is 0 Å². The van der Waals surface area contributed by atoms with Gasteiger partial charge in [0.15, 0.2) is 0 Å². The summed E-state index contributed by atoms with van der Waals surface area (Å²) >= 11 is 0. The maximum atomic E-state index is 11.5. The van der Waals surface area contributed by atoms with Crippen LogP contribution in [0, 0.1) is 13.8 Å². The predicted octanol–water partition coefficient (Wildman–Crippen LogP) is 1.20. The lowest BCUT2D eigenvalue weighted by molar-refractivity contribution is -0.116. The molecule has 1 aromatic rings. The number of rotatable bonds is 1. The van der Waals surface area contributed by atoms with Crippen molar-refractivity contribution in [2.24, 2.45) is 0 Å². The monoisotopic (exact) mass is 190 g/mol. The molecule has 0 atom stereocenters. The Kier molecular flexibility index (Phi) is 2.25. The summed E-state index contributed by atoms with van der Waals surface area (Å²) in [5.74, 6) is 0.150. The first-order chi connectivity index (χ1) is 6.68. The predicted molar refractivity (Wildman–Crippen MR) is 56.3 cm³/mol. The second-order valence-corrected chi connectivity index (χ2v) is 3.70. The molecule has 1 fully saturated rings. The van der Waals surface area contributed by atoms with Crippen molar-refractivity contribution < 1.29 is 4.79 Å². The van der Waals surface area contributed by atoms with Crippen molar-refractivity contribution in [1.82, 2.24) is 5.32 Å². The van der Waals surface area contributed by atoms with Gasteiger partial charge < -0.3 is 0 Å². The molecule has 1 aliphatic rings. The van der Waals surface area contributed by atoms with Crippen molar-refractivity contribution in [1.29, 1.82) is 0 Å². The van der Waals surface area contributed by atoms with Gasteiger partial charge in [0.2, 0.25) is 5.91 Å². The maximum Gasteiger partial charge on any atom is 0.242 e. The van der Waals surface area contributed by atoms with Crippen LogP contribution in [-0.4, -0.2) is 19.1 Å². The standard InChI is InChI=1S/C11H14N2O/c1-8-3-4-10(9(2)5-8)13-7-12-6-11(13)14/h3-5,12H,6-7H2,1-2H3. The van der Waals surface area contributed by atoms with Gasteiger partial charge in [-0.15, -0.1) is 0 Å². The molecular weight excluding hydrogens is 176 g/mol. The van der Waals surface area contributed by atoms with Gasteiger partial charge in [-0.05, 0) is 25.5 Å². The zero-order valence-electron chi connectivity index (χ0n) is 8.50. The van der Waals surface area contributed by atoms with E-state index in [9.17, 15) is 4.79 Å². The largest absolute Gasteiger partial charge is 0.298 e. The van der Waals surface area contributed by atoms with E-state index in [2.05, 4.69) is 18.3 Å². The zero-order chi connectivity index (χ0) is 10.1. The highest BCUT2D eigenvalue weighted by Gasteiger charge is 2.22. The molecule has 1 aliphatic heterocycles. The molecule has 14 heavy (non-hydrogen) atoms. The van der Waals surface area contributed by atoms with Crippen LogP contribution >= 0.6 is 0 Å². The molecule has 1 N–H and O–H groups in total. The first-order valence-electron chi connectivity index (χ1n) is 4.77. The van der Waals surface area contributed by atoms with Crippen LogP contribution in [0.3, 0.4) is 0 Å². The maximum absolute atomic E-state index is 11.5. The average molecular weight is 190 g/mol. The Morgan fingerprint density at radius 1 is 1.36 bits per heavy atom. The molecule has 2 rings (SSSR count). The molecule has 0 bridgehead atoms. The highest BCUT2D eigenvalue weighted by Crippen LogP contribution is 2.21. The van der Waals surface area contributed by atoms with E-state index in [1.165, 1.54) is 5.56 Å². The summed E-state index contributed by atoms with van der Waals surface area (Å²) in [5, 5.41) is 3.04. The van der Waals surface area contributed by atoms with Gasteiger partial charge in [-0.1, -0.05) is 17.7 Å². The van der Waals surface area contributed by atoms with E-state index >= 15 is 0 Å². The second kappa shape index (κ2) is 3.42. The van der Waals surface area contributed by atoms with Gasteiger partial charge in [-0.2, -0.15) is 0 Å². The van der Waals surface area contributed by atoms with Crippen molar-refractivity contribution in [2.75, 3.05) is 18.1 Å². The van der Waals surface area contributed by atoms with Gasteiger partial charge in [0.25, 0.3) is 0 Å². The molecule has 0 unspecified atom stereocenters. The number of anilines is 1. The lowest BCUT2D eigenvalue weighted by Crippen LogP contribution is -2.26. The van der Waals surface area contributed by atoms with Crippen molar-refractivity contribution in [3.05, 3.63) is 29.3 Å². The lowest BCUT2D eigenvalue weighted by atomic mass is 10.1. The molecule has 74 valence electrons. The molecule has 1 saturated heterocycles. The fraction of sp³-hybridized carbons (Fsp3) is 0.364. The molecule has 0 saturated carbocycles. The van der Waals surface area contributed by atoms with Gasteiger partial charge in [0.1, 0.15) is 0 Å². The van der Waals surface area contributed by atoms with E-state index in [1.807, 2.05) is 19.1 Å². The number of benzene rings is 1. The van der Waals surface area contributed by atoms with Crippen molar-refractivity contribution in [3.63, 3.8) is 0 Å². The molecule has 0 spiro atoms. The van der Waals surface area contributed by atoms with Gasteiger partial charge in [0, 0.05) is 5.69 Å². The minimum Gasteiger partial charge on any atom is -0.298 e. The number of hydrogen-bond donors (Lipinski definition) is 1. The van der Waals surface area contributed by atoms with Crippen LogP contribution in [0.5, 0.6) is 0 Å². The summed E-state index contributed by atoms with van der Waals surface area (Å²) in [6.07, 6.45) is 0. The molecule has 3 heteroatoms. The molecule has 1 heterocycles. The summed E-state index contributed by atoms with van der Waals surface area (Å²) in [4.78, 5) is 13.3. The van der Waals surface area contributed by atoms with Crippen LogP contribution in [0.4, 0.5) is 5.69 Å². The number of amides is 1. The number of nitrogens with zero attached hydrogens (tertiary/aromatic N) is 1. The normalized spacial score (nSPS) is 16.4. The van der Waals surface area contributed by atoms with E-state index in [1.54, 1.807) is 4.90 Å². The molecule has 0 aliphatic carbocycles. The summed E-state index contributed by atoms with van der Waals surface area (Å²) in [6.45, 7) is 5.17. The Labute approximate surface area is 83.7 Å². The Bertz CT molecular complexity index is 374. The smallest absolute Gasteiger partial charge is 0.242 e. The number of nitrogens with one attached hydrogen (secondary N) is 1. The topological polar surface area (TPSA) is 32.3 Å². The van der Waals surface area contributed by atoms with Crippen LogP contribution in [0.1, 0.15) is 11.1 Å². The highest BCUT2D eigenvalue weighted by molar-refractivity contribution is 5.97. The number of hydrogen-bond acceptors (Lipinski definition) is 2. The van der Waals surface area contributed by atoms with E-state index in [0.29, 0.717) is 13.2 Å². The minimum absolute atomic E-state index is 0.150. The van der Waals surface area contributed by atoms with E-state index < -0.39 is 0 Å². The van der Waals surface area contributed by atoms with E-state index in [0.717, 1.165) is 11.3 Å². The van der Waals surface area contributed by atoms with E-state index in [-0.39, 0.29) is 5.91 Å². The van der Waals surface area contributed by atoms with Crippen LogP contribution in [0.15, 0.2) is 18.2 Å². The number of carbonyl (C=O) groups excluding carboxylic acids is 1. The molecule has 1 amide bonds. The SMILES string of the molecule is Cc1ccc(N2CNCC2=O)c(C)c1. The van der Waals surface area contributed by atoms with Crippen LogP contribution < -0.4 is 10.2 Å². The number of aryl methyl sites for hydroxylation is 2. The van der Waals surface area contributed by atoms with Crippen LogP contribution in [-0.2, 0) is 4.79 Å². The van der Waals surface area contributed by atoms with Crippen LogP contribution in [0.2, 0.25) is 0 Å². The summed E-state index contributed by atoms with van der Waals surface area (Å²) < 4.78 is 0. The molecule has 0 aromatic heterocycles.